The van der Waals surface area contributed by atoms with Gasteiger partial charge in [-0.25, -0.2) is 12.8 Å². The van der Waals surface area contributed by atoms with E-state index in [0.717, 1.165) is 28.6 Å². The Bertz CT molecular complexity index is 1130. The van der Waals surface area contributed by atoms with Crippen molar-refractivity contribution in [2.24, 2.45) is 5.92 Å². The lowest BCUT2D eigenvalue weighted by Crippen LogP contribution is -2.43. The first-order chi connectivity index (χ1) is 14.9. The van der Waals surface area contributed by atoms with E-state index in [-0.39, 0.29) is 29.4 Å². The molecule has 12 heteroatoms. The van der Waals surface area contributed by atoms with Gasteiger partial charge in [-0.2, -0.15) is 17.5 Å². The van der Waals surface area contributed by atoms with Crippen molar-refractivity contribution in [3.8, 4) is 5.75 Å². The number of piperidine rings is 1. The number of methoxy groups -OCH3 is 1. The standard InChI is InChI=1S/C20H19ClF4N2O4S/c1-31-17-7-4-13(22)9-18(17)32(29,30)27-8-2-3-12(11-27)19(28)26-14-5-6-16(21)15(10-14)20(23,24)25/h4-7,9-10,12H,2-3,8,11H2,1H3,(H,26,28)/t12-/m1/s1. The highest BCUT2D eigenvalue weighted by molar-refractivity contribution is 7.89. The summed E-state index contributed by atoms with van der Waals surface area (Å²) in [6.45, 7) is -0.113. The van der Waals surface area contributed by atoms with Crippen molar-refractivity contribution >= 4 is 33.2 Å². The molecule has 0 saturated carbocycles. The van der Waals surface area contributed by atoms with Crippen LogP contribution in [0.5, 0.6) is 5.75 Å². The third-order valence-electron chi connectivity index (χ3n) is 5.04. The van der Waals surface area contributed by atoms with Gasteiger partial charge in [-0.15, -0.1) is 0 Å². The van der Waals surface area contributed by atoms with Gasteiger partial charge in [-0.1, -0.05) is 11.6 Å². The molecule has 1 amide bonds. The molecule has 0 bridgehead atoms. The van der Waals surface area contributed by atoms with Crippen LogP contribution < -0.4 is 10.1 Å². The molecule has 174 valence electrons. The van der Waals surface area contributed by atoms with Crippen LogP contribution in [0.2, 0.25) is 5.02 Å². The maximum absolute atomic E-state index is 13.7. The number of nitrogens with one attached hydrogen (secondary N) is 1. The van der Waals surface area contributed by atoms with Crippen molar-refractivity contribution in [2.45, 2.75) is 23.9 Å². The van der Waals surface area contributed by atoms with Crippen LogP contribution in [0, 0.1) is 11.7 Å². The van der Waals surface area contributed by atoms with E-state index in [1.807, 2.05) is 0 Å². The molecule has 1 aliphatic heterocycles. The molecule has 0 aromatic heterocycles. The zero-order chi connectivity index (χ0) is 23.7. The Hall–Kier alpha value is -2.37. The van der Waals surface area contributed by atoms with Crippen molar-refractivity contribution in [3.63, 3.8) is 0 Å². The average molecular weight is 495 g/mol. The Balaban J connectivity index is 1.79. The Morgan fingerprint density at radius 1 is 1.22 bits per heavy atom. The quantitative estimate of drug-likeness (QED) is 0.619. The smallest absolute Gasteiger partial charge is 0.417 e. The lowest BCUT2D eigenvalue weighted by atomic mass is 9.98. The molecule has 0 unspecified atom stereocenters. The molecule has 1 saturated heterocycles. The van der Waals surface area contributed by atoms with Crippen molar-refractivity contribution in [2.75, 3.05) is 25.5 Å². The summed E-state index contributed by atoms with van der Waals surface area (Å²) in [5.74, 6) is -2.26. The topological polar surface area (TPSA) is 75.7 Å². The van der Waals surface area contributed by atoms with E-state index < -0.39 is 44.4 Å². The molecule has 2 aromatic carbocycles. The van der Waals surface area contributed by atoms with E-state index in [0.29, 0.717) is 12.8 Å². The Morgan fingerprint density at radius 3 is 2.59 bits per heavy atom. The monoisotopic (exact) mass is 494 g/mol. The Labute approximate surface area is 187 Å². The van der Waals surface area contributed by atoms with Crippen molar-refractivity contribution < 1.29 is 35.5 Å². The van der Waals surface area contributed by atoms with E-state index in [4.69, 9.17) is 16.3 Å². The zero-order valence-electron chi connectivity index (χ0n) is 16.7. The summed E-state index contributed by atoms with van der Waals surface area (Å²) < 4.78 is 85.0. The van der Waals surface area contributed by atoms with Crippen LogP contribution in [0.1, 0.15) is 18.4 Å². The van der Waals surface area contributed by atoms with Gasteiger partial charge in [0.1, 0.15) is 16.5 Å². The molecule has 1 fully saturated rings. The minimum absolute atomic E-state index is 0.0428. The summed E-state index contributed by atoms with van der Waals surface area (Å²) in [6.07, 6.45) is -4.03. The van der Waals surface area contributed by atoms with Crippen LogP contribution >= 0.6 is 11.6 Å². The lowest BCUT2D eigenvalue weighted by molar-refractivity contribution is -0.137. The maximum Gasteiger partial charge on any atom is 0.417 e. The number of hydrogen-bond acceptors (Lipinski definition) is 4. The zero-order valence-corrected chi connectivity index (χ0v) is 18.3. The molecule has 0 radical (unpaired) electrons. The molecule has 3 rings (SSSR count). The number of benzene rings is 2. The maximum atomic E-state index is 13.7. The average Bonchev–Trinajstić information content (AvgIpc) is 2.74. The first-order valence-corrected chi connectivity index (χ1v) is 11.3. The second kappa shape index (κ2) is 9.24. The van der Waals surface area contributed by atoms with Crippen LogP contribution in [0.3, 0.4) is 0 Å². The van der Waals surface area contributed by atoms with Crippen LogP contribution in [0.25, 0.3) is 0 Å². The molecule has 1 heterocycles. The molecule has 1 aliphatic rings. The van der Waals surface area contributed by atoms with Crippen molar-refractivity contribution in [1.82, 2.24) is 4.31 Å². The van der Waals surface area contributed by atoms with Gasteiger partial charge in [-0.05, 0) is 49.2 Å². The van der Waals surface area contributed by atoms with Gasteiger partial charge in [0, 0.05) is 18.8 Å². The van der Waals surface area contributed by atoms with E-state index in [2.05, 4.69) is 5.32 Å². The molecule has 6 nitrogen and oxygen atoms in total. The summed E-state index contributed by atoms with van der Waals surface area (Å²) in [7, 11) is -2.93. The molecule has 0 spiro atoms. The molecule has 0 aliphatic carbocycles. The summed E-state index contributed by atoms with van der Waals surface area (Å²) in [5.41, 5.74) is -1.21. The van der Waals surface area contributed by atoms with Crippen LogP contribution in [0.4, 0.5) is 23.2 Å². The predicted molar refractivity (Wildman–Crippen MR) is 110 cm³/mol. The number of sulfonamides is 1. The fraction of sp³-hybridized carbons (Fsp3) is 0.350. The van der Waals surface area contributed by atoms with E-state index in [1.165, 1.54) is 19.2 Å². The number of halogens is 5. The van der Waals surface area contributed by atoms with Gasteiger partial charge in [0.25, 0.3) is 0 Å². The highest BCUT2D eigenvalue weighted by Gasteiger charge is 2.36. The normalized spacial score (nSPS) is 17.8. The molecule has 1 atom stereocenters. The number of amides is 1. The number of rotatable bonds is 5. The second-order valence-corrected chi connectivity index (χ2v) is 9.49. The molecule has 2 aromatic rings. The number of anilines is 1. The second-order valence-electron chi connectivity index (χ2n) is 7.18. The SMILES string of the molecule is COc1ccc(F)cc1S(=O)(=O)N1CCC[C@@H](C(=O)Nc2ccc(Cl)c(C(F)(F)F)c2)C1. The summed E-state index contributed by atoms with van der Waals surface area (Å²) in [6, 6.07) is 6.05. The van der Waals surface area contributed by atoms with Gasteiger partial charge in [0.15, 0.2) is 0 Å². The first kappa shape index (κ1) is 24.3. The van der Waals surface area contributed by atoms with Gasteiger partial charge < -0.3 is 10.1 Å². The molecule has 32 heavy (non-hydrogen) atoms. The van der Waals surface area contributed by atoms with Gasteiger partial charge in [-0.3, -0.25) is 4.79 Å². The Kier molecular flexibility index (Phi) is 7.01. The highest BCUT2D eigenvalue weighted by atomic mass is 35.5. The van der Waals surface area contributed by atoms with Gasteiger partial charge in [0.05, 0.1) is 23.6 Å². The highest BCUT2D eigenvalue weighted by Crippen LogP contribution is 2.36. The number of carbonyl (C=O) groups excluding carboxylic acids is 1. The summed E-state index contributed by atoms with van der Waals surface area (Å²) in [4.78, 5) is 12.3. The fourth-order valence-corrected chi connectivity index (χ4v) is 5.35. The van der Waals surface area contributed by atoms with Crippen LogP contribution in [0.15, 0.2) is 41.3 Å². The molecular formula is C20H19ClF4N2O4S. The fourth-order valence-electron chi connectivity index (χ4n) is 3.43. The first-order valence-electron chi connectivity index (χ1n) is 9.45. The van der Waals surface area contributed by atoms with Crippen molar-refractivity contribution in [1.29, 1.82) is 0 Å². The lowest BCUT2D eigenvalue weighted by Gasteiger charge is -2.31. The van der Waals surface area contributed by atoms with E-state index >= 15 is 0 Å². The van der Waals surface area contributed by atoms with E-state index in [9.17, 15) is 30.8 Å². The molecule has 1 N–H and O–H groups in total. The number of nitrogens with zero attached hydrogens (tertiary/aromatic N) is 1. The van der Waals surface area contributed by atoms with Crippen LogP contribution in [-0.2, 0) is 21.0 Å². The summed E-state index contributed by atoms with van der Waals surface area (Å²) in [5, 5.41) is 1.89. The largest absolute Gasteiger partial charge is 0.495 e. The van der Waals surface area contributed by atoms with Crippen LogP contribution in [-0.4, -0.2) is 38.8 Å². The minimum Gasteiger partial charge on any atom is -0.495 e. The number of carbonyl (C=O) groups is 1. The third-order valence-corrected chi connectivity index (χ3v) is 7.25. The summed E-state index contributed by atoms with van der Waals surface area (Å²) >= 11 is 5.59. The number of alkyl halides is 3. The predicted octanol–water partition coefficient (Wildman–Crippen LogP) is 4.55. The minimum atomic E-state index is -4.70. The number of ether oxygens (including phenoxy) is 1. The Morgan fingerprint density at radius 2 is 1.94 bits per heavy atom. The van der Waals surface area contributed by atoms with Gasteiger partial charge >= 0.3 is 6.18 Å². The third kappa shape index (κ3) is 5.16. The van der Waals surface area contributed by atoms with Crippen molar-refractivity contribution in [3.05, 3.63) is 52.8 Å². The number of hydrogen-bond donors (Lipinski definition) is 1. The van der Waals surface area contributed by atoms with Gasteiger partial charge in [0.2, 0.25) is 15.9 Å². The molecular weight excluding hydrogens is 476 g/mol. The van der Waals surface area contributed by atoms with E-state index in [1.54, 1.807) is 0 Å².